The molecule has 0 aliphatic carbocycles. The molecule has 1 aliphatic heterocycles. The monoisotopic (exact) mass is 349 g/mol. The highest BCUT2D eigenvalue weighted by molar-refractivity contribution is 5.70. The summed E-state index contributed by atoms with van der Waals surface area (Å²) in [4.78, 5) is 15.9. The first kappa shape index (κ1) is 18.0. The summed E-state index contributed by atoms with van der Waals surface area (Å²) in [5, 5.41) is 9.25. The predicted molar refractivity (Wildman–Crippen MR) is 100 cm³/mol. The van der Waals surface area contributed by atoms with Gasteiger partial charge in [-0.15, -0.1) is 0 Å². The van der Waals surface area contributed by atoms with E-state index in [0.29, 0.717) is 25.3 Å². The Balaban J connectivity index is 1.59. The summed E-state index contributed by atoms with van der Waals surface area (Å²) >= 11 is 0. The van der Waals surface area contributed by atoms with E-state index in [0.717, 1.165) is 30.8 Å². The molecule has 0 radical (unpaired) electrons. The fourth-order valence-corrected chi connectivity index (χ4v) is 3.18. The molecule has 5 heteroatoms. The molecular formula is C21H23N3O2. The van der Waals surface area contributed by atoms with E-state index < -0.39 is 0 Å². The fraction of sp³-hybridized carbons (Fsp3) is 0.333. The zero-order valence-electron chi connectivity index (χ0n) is 15.0. The summed E-state index contributed by atoms with van der Waals surface area (Å²) < 4.78 is 5.05. The first-order chi connectivity index (χ1) is 12.7. The first-order valence-corrected chi connectivity index (χ1v) is 8.93. The maximum Gasteiger partial charge on any atom is 0.409 e. The second-order valence-corrected chi connectivity index (χ2v) is 6.32. The van der Waals surface area contributed by atoms with Crippen molar-refractivity contribution >= 4 is 6.09 Å². The van der Waals surface area contributed by atoms with Crippen LogP contribution in [0.25, 0.3) is 11.1 Å². The van der Waals surface area contributed by atoms with Crippen LogP contribution in [0.4, 0.5) is 4.79 Å². The molecule has 0 aromatic heterocycles. The van der Waals surface area contributed by atoms with Crippen LogP contribution in [0, 0.1) is 11.3 Å². The summed E-state index contributed by atoms with van der Waals surface area (Å²) in [6, 6.07) is 18.3. The van der Waals surface area contributed by atoms with Gasteiger partial charge >= 0.3 is 6.09 Å². The van der Waals surface area contributed by atoms with Gasteiger partial charge in [0.2, 0.25) is 0 Å². The van der Waals surface area contributed by atoms with Crippen LogP contribution in [0.15, 0.2) is 48.5 Å². The summed E-state index contributed by atoms with van der Waals surface area (Å²) in [5.74, 6) is 0. The van der Waals surface area contributed by atoms with Crippen molar-refractivity contribution in [1.29, 1.82) is 5.26 Å². The number of ether oxygens (including phenoxy) is 1. The van der Waals surface area contributed by atoms with Gasteiger partial charge < -0.3 is 9.64 Å². The second kappa shape index (κ2) is 8.50. The molecule has 2 aromatic carbocycles. The Bertz CT molecular complexity index is 788. The molecule has 26 heavy (non-hydrogen) atoms. The summed E-state index contributed by atoms with van der Waals surface area (Å²) in [6.45, 7) is 6.19. The summed E-state index contributed by atoms with van der Waals surface area (Å²) in [7, 11) is 0. The number of nitrogens with zero attached hydrogens (tertiary/aromatic N) is 3. The van der Waals surface area contributed by atoms with E-state index in [1.807, 2.05) is 31.2 Å². The number of piperazine rings is 1. The van der Waals surface area contributed by atoms with Gasteiger partial charge in [-0.25, -0.2) is 4.79 Å². The summed E-state index contributed by atoms with van der Waals surface area (Å²) in [5.41, 5.74) is 3.94. The number of nitriles is 1. The molecule has 1 saturated heterocycles. The highest BCUT2D eigenvalue weighted by Gasteiger charge is 2.21. The number of rotatable bonds is 4. The molecule has 1 heterocycles. The molecule has 0 unspecified atom stereocenters. The number of carbonyl (C=O) groups excluding carboxylic acids is 1. The van der Waals surface area contributed by atoms with Crippen molar-refractivity contribution in [3.8, 4) is 17.2 Å². The molecule has 5 nitrogen and oxygen atoms in total. The van der Waals surface area contributed by atoms with Crippen molar-refractivity contribution < 1.29 is 9.53 Å². The smallest absolute Gasteiger partial charge is 0.409 e. The van der Waals surface area contributed by atoms with Crippen LogP contribution in [0.5, 0.6) is 0 Å². The van der Waals surface area contributed by atoms with Crippen LogP contribution in [0.2, 0.25) is 0 Å². The zero-order valence-corrected chi connectivity index (χ0v) is 15.0. The van der Waals surface area contributed by atoms with Crippen LogP contribution in [-0.2, 0) is 11.3 Å². The third kappa shape index (κ3) is 4.22. The number of amides is 1. The minimum absolute atomic E-state index is 0.215. The lowest BCUT2D eigenvalue weighted by atomic mass is 9.99. The number of hydrogen-bond donors (Lipinski definition) is 0. The van der Waals surface area contributed by atoms with Crippen molar-refractivity contribution in [3.63, 3.8) is 0 Å². The van der Waals surface area contributed by atoms with E-state index in [4.69, 9.17) is 4.74 Å². The van der Waals surface area contributed by atoms with Crippen LogP contribution in [0.1, 0.15) is 18.1 Å². The molecule has 0 N–H and O–H groups in total. The Morgan fingerprint density at radius 2 is 1.77 bits per heavy atom. The molecule has 2 aromatic rings. The van der Waals surface area contributed by atoms with Gasteiger partial charge in [-0.3, -0.25) is 4.90 Å². The first-order valence-electron chi connectivity index (χ1n) is 8.93. The van der Waals surface area contributed by atoms with Crippen LogP contribution in [-0.4, -0.2) is 48.7 Å². The van der Waals surface area contributed by atoms with Gasteiger partial charge in [0.15, 0.2) is 0 Å². The van der Waals surface area contributed by atoms with Crippen molar-refractivity contribution in [3.05, 3.63) is 59.7 Å². The molecule has 1 amide bonds. The van der Waals surface area contributed by atoms with Crippen LogP contribution in [0.3, 0.4) is 0 Å². The Kier molecular flexibility index (Phi) is 5.88. The van der Waals surface area contributed by atoms with Crippen molar-refractivity contribution in [2.75, 3.05) is 32.8 Å². The largest absolute Gasteiger partial charge is 0.450 e. The van der Waals surface area contributed by atoms with E-state index in [1.165, 1.54) is 5.56 Å². The van der Waals surface area contributed by atoms with Crippen LogP contribution < -0.4 is 0 Å². The van der Waals surface area contributed by atoms with Gasteiger partial charge in [0, 0.05) is 32.7 Å². The van der Waals surface area contributed by atoms with Gasteiger partial charge in [0.05, 0.1) is 18.2 Å². The zero-order chi connectivity index (χ0) is 18.4. The molecular weight excluding hydrogens is 326 g/mol. The van der Waals surface area contributed by atoms with E-state index >= 15 is 0 Å². The molecule has 1 fully saturated rings. The molecule has 3 rings (SSSR count). The van der Waals surface area contributed by atoms with Gasteiger partial charge in [-0.1, -0.05) is 42.5 Å². The Hall–Kier alpha value is -2.84. The third-order valence-electron chi connectivity index (χ3n) is 4.62. The molecule has 0 spiro atoms. The Labute approximate surface area is 154 Å². The highest BCUT2D eigenvalue weighted by atomic mass is 16.6. The topological polar surface area (TPSA) is 56.6 Å². The SMILES string of the molecule is CCOC(=O)N1CCN(Cc2ccc(-c3ccccc3C#N)cc2)CC1. The standard InChI is InChI=1S/C21H23N3O2/c1-2-26-21(25)24-13-11-23(12-14-24)16-17-7-9-18(10-8-17)20-6-4-3-5-19(20)15-22/h3-10H,2,11-14,16H2,1H3. The quantitative estimate of drug-likeness (QED) is 0.848. The minimum atomic E-state index is -0.215. The molecule has 0 saturated carbocycles. The van der Waals surface area contributed by atoms with Gasteiger partial charge in [0.25, 0.3) is 0 Å². The van der Waals surface area contributed by atoms with E-state index in [-0.39, 0.29) is 6.09 Å². The van der Waals surface area contributed by atoms with Crippen molar-refractivity contribution in [2.24, 2.45) is 0 Å². The van der Waals surface area contributed by atoms with Gasteiger partial charge in [-0.2, -0.15) is 5.26 Å². The second-order valence-electron chi connectivity index (χ2n) is 6.32. The lowest BCUT2D eigenvalue weighted by molar-refractivity contribution is 0.0778. The van der Waals surface area contributed by atoms with E-state index in [2.05, 4.69) is 35.2 Å². The molecule has 0 bridgehead atoms. The maximum atomic E-state index is 11.7. The highest BCUT2D eigenvalue weighted by Crippen LogP contribution is 2.24. The molecule has 1 aliphatic rings. The third-order valence-corrected chi connectivity index (χ3v) is 4.62. The van der Waals surface area contributed by atoms with Gasteiger partial charge in [0.1, 0.15) is 0 Å². The average molecular weight is 349 g/mol. The number of hydrogen-bond acceptors (Lipinski definition) is 4. The number of benzene rings is 2. The lowest BCUT2D eigenvalue weighted by Gasteiger charge is -2.34. The lowest BCUT2D eigenvalue weighted by Crippen LogP contribution is -2.48. The Morgan fingerprint density at radius 3 is 2.42 bits per heavy atom. The van der Waals surface area contributed by atoms with Gasteiger partial charge in [-0.05, 0) is 29.7 Å². The van der Waals surface area contributed by atoms with Crippen LogP contribution >= 0.6 is 0 Å². The number of carbonyl (C=O) groups is 1. The fourth-order valence-electron chi connectivity index (χ4n) is 3.18. The normalized spacial score (nSPS) is 14.7. The average Bonchev–Trinajstić information content (AvgIpc) is 2.69. The predicted octanol–water partition coefficient (Wildman–Crippen LogP) is 3.50. The van der Waals surface area contributed by atoms with Crippen molar-refractivity contribution in [1.82, 2.24) is 9.80 Å². The van der Waals surface area contributed by atoms with Crippen molar-refractivity contribution in [2.45, 2.75) is 13.5 Å². The Morgan fingerprint density at radius 1 is 1.08 bits per heavy atom. The maximum absolute atomic E-state index is 11.7. The van der Waals surface area contributed by atoms with E-state index in [9.17, 15) is 10.1 Å². The molecule has 0 atom stereocenters. The minimum Gasteiger partial charge on any atom is -0.450 e. The molecule has 134 valence electrons. The van der Waals surface area contributed by atoms with E-state index in [1.54, 1.807) is 4.90 Å². The summed E-state index contributed by atoms with van der Waals surface area (Å²) in [6.07, 6.45) is -0.215.